The zero-order valence-corrected chi connectivity index (χ0v) is 9.31. The first kappa shape index (κ1) is 12.8. The van der Waals surface area contributed by atoms with Crippen LogP contribution >= 0.6 is 12.2 Å². The molecule has 0 aromatic carbocycles. The van der Waals surface area contributed by atoms with E-state index in [0.717, 1.165) is 26.1 Å². The van der Waals surface area contributed by atoms with Gasteiger partial charge in [-0.05, 0) is 13.0 Å². The molecular weight excluding hydrogens is 184 g/mol. The van der Waals surface area contributed by atoms with Gasteiger partial charge in [0.05, 0.1) is 4.99 Å². The second kappa shape index (κ2) is 7.24. The Hall–Kier alpha value is -0.190. The van der Waals surface area contributed by atoms with Gasteiger partial charge >= 0.3 is 0 Å². The average molecular weight is 204 g/mol. The van der Waals surface area contributed by atoms with Crippen LogP contribution in [0.15, 0.2) is 0 Å². The number of aliphatic hydroxyl groups is 1. The Morgan fingerprint density at radius 3 is 2.62 bits per heavy atom. The summed E-state index contributed by atoms with van der Waals surface area (Å²) in [6.07, 6.45) is 0.817. The first-order valence-corrected chi connectivity index (χ1v) is 5.15. The van der Waals surface area contributed by atoms with Gasteiger partial charge in [0, 0.05) is 25.6 Å². The first-order chi connectivity index (χ1) is 6.11. The van der Waals surface area contributed by atoms with E-state index < -0.39 is 0 Å². The quantitative estimate of drug-likeness (QED) is 0.597. The van der Waals surface area contributed by atoms with Crippen LogP contribution in [0.1, 0.15) is 20.3 Å². The molecule has 0 aromatic rings. The Labute approximate surface area is 85.9 Å². The van der Waals surface area contributed by atoms with Gasteiger partial charge in [0.2, 0.25) is 0 Å². The van der Waals surface area contributed by atoms with E-state index in [1.54, 1.807) is 0 Å². The van der Waals surface area contributed by atoms with Gasteiger partial charge in [-0.25, -0.2) is 0 Å². The smallest absolute Gasteiger partial charge is 0.0768 e. The van der Waals surface area contributed by atoms with Crippen LogP contribution in [-0.2, 0) is 0 Å². The largest absolute Gasteiger partial charge is 0.396 e. The predicted octanol–water partition coefficient (Wildman–Crippen LogP) is 0.613. The van der Waals surface area contributed by atoms with E-state index in [4.69, 9.17) is 23.1 Å². The molecule has 0 spiro atoms. The lowest BCUT2D eigenvalue weighted by atomic mass is 10.1. The van der Waals surface area contributed by atoms with Gasteiger partial charge in [-0.3, -0.25) is 0 Å². The van der Waals surface area contributed by atoms with Crippen LogP contribution < -0.4 is 5.73 Å². The summed E-state index contributed by atoms with van der Waals surface area (Å²) in [6, 6.07) is 0. The van der Waals surface area contributed by atoms with Gasteiger partial charge in [0.25, 0.3) is 0 Å². The number of hydrogen-bond acceptors (Lipinski definition) is 3. The summed E-state index contributed by atoms with van der Waals surface area (Å²) in [6.45, 7) is 7.17. The SMILES string of the molecule is CCN(CCCO)CC(C)C(N)=S. The van der Waals surface area contributed by atoms with E-state index in [9.17, 15) is 0 Å². The van der Waals surface area contributed by atoms with Crippen LogP contribution in [0.25, 0.3) is 0 Å². The average Bonchev–Trinajstić information content (AvgIpc) is 2.11. The second-order valence-electron chi connectivity index (χ2n) is 3.27. The summed E-state index contributed by atoms with van der Waals surface area (Å²) in [4.78, 5) is 2.82. The van der Waals surface area contributed by atoms with Crippen molar-refractivity contribution in [3.05, 3.63) is 0 Å². The third-order valence-electron chi connectivity index (χ3n) is 2.10. The lowest BCUT2D eigenvalue weighted by Crippen LogP contribution is -2.34. The van der Waals surface area contributed by atoms with E-state index in [2.05, 4.69) is 11.8 Å². The lowest BCUT2D eigenvalue weighted by molar-refractivity contribution is 0.223. The van der Waals surface area contributed by atoms with Crippen molar-refractivity contribution in [1.82, 2.24) is 4.90 Å². The number of rotatable bonds is 7. The molecule has 3 nitrogen and oxygen atoms in total. The monoisotopic (exact) mass is 204 g/mol. The van der Waals surface area contributed by atoms with Crippen molar-refractivity contribution in [2.45, 2.75) is 20.3 Å². The van der Waals surface area contributed by atoms with Crippen molar-refractivity contribution < 1.29 is 5.11 Å². The Balaban J connectivity index is 3.75. The lowest BCUT2D eigenvalue weighted by Gasteiger charge is -2.23. The van der Waals surface area contributed by atoms with Crippen LogP contribution in [0.5, 0.6) is 0 Å². The van der Waals surface area contributed by atoms with Crippen molar-refractivity contribution >= 4 is 17.2 Å². The minimum Gasteiger partial charge on any atom is -0.396 e. The van der Waals surface area contributed by atoms with Crippen LogP contribution in [0.3, 0.4) is 0 Å². The van der Waals surface area contributed by atoms with Gasteiger partial charge in [-0.1, -0.05) is 26.1 Å². The molecule has 0 amide bonds. The Morgan fingerprint density at radius 2 is 2.23 bits per heavy atom. The van der Waals surface area contributed by atoms with E-state index in [1.807, 2.05) is 6.92 Å². The number of thiocarbonyl (C=S) groups is 1. The third kappa shape index (κ3) is 5.96. The van der Waals surface area contributed by atoms with Crippen LogP contribution in [0.2, 0.25) is 0 Å². The van der Waals surface area contributed by atoms with Crippen LogP contribution in [-0.4, -0.2) is 41.2 Å². The van der Waals surface area contributed by atoms with Crippen molar-refractivity contribution in [3.8, 4) is 0 Å². The molecule has 0 bridgehead atoms. The molecule has 0 aliphatic rings. The molecule has 0 saturated carbocycles. The fourth-order valence-corrected chi connectivity index (χ4v) is 1.22. The molecule has 78 valence electrons. The molecule has 0 radical (unpaired) electrons. The van der Waals surface area contributed by atoms with E-state index >= 15 is 0 Å². The maximum atomic E-state index is 8.68. The molecule has 0 saturated heterocycles. The van der Waals surface area contributed by atoms with Gasteiger partial charge < -0.3 is 15.7 Å². The molecule has 0 aromatic heterocycles. The third-order valence-corrected chi connectivity index (χ3v) is 2.50. The molecule has 0 aliphatic carbocycles. The molecule has 0 heterocycles. The number of aliphatic hydroxyl groups excluding tert-OH is 1. The fourth-order valence-electron chi connectivity index (χ4n) is 1.15. The van der Waals surface area contributed by atoms with Gasteiger partial charge in [0.1, 0.15) is 0 Å². The minimum atomic E-state index is 0.248. The summed E-state index contributed by atoms with van der Waals surface area (Å²) < 4.78 is 0. The highest BCUT2D eigenvalue weighted by Crippen LogP contribution is 2.01. The zero-order valence-electron chi connectivity index (χ0n) is 8.49. The van der Waals surface area contributed by atoms with Gasteiger partial charge in [-0.2, -0.15) is 0 Å². The van der Waals surface area contributed by atoms with Gasteiger partial charge in [-0.15, -0.1) is 0 Å². The molecule has 4 heteroatoms. The normalized spacial score (nSPS) is 13.2. The number of nitrogens with zero attached hydrogens (tertiary/aromatic N) is 1. The number of hydrogen-bond donors (Lipinski definition) is 2. The molecule has 1 unspecified atom stereocenters. The van der Waals surface area contributed by atoms with E-state index in [0.29, 0.717) is 4.99 Å². The molecule has 0 rings (SSSR count). The second-order valence-corrected chi connectivity index (χ2v) is 3.75. The van der Waals surface area contributed by atoms with Crippen LogP contribution in [0, 0.1) is 5.92 Å². The number of nitrogens with two attached hydrogens (primary N) is 1. The molecule has 13 heavy (non-hydrogen) atoms. The first-order valence-electron chi connectivity index (χ1n) is 4.74. The predicted molar refractivity (Wildman–Crippen MR) is 59.8 cm³/mol. The molecular formula is C9H20N2OS. The van der Waals surface area contributed by atoms with Gasteiger partial charge in [0.15, 0.2) is 0 Å². The highest BCUT2D eigenvalue weighted by atomic mass is 32.1. The fraction of sp³-hybridized carbons (Fsp3) is 0.889. The summed E-state index contributed by atoms with van der Waals surface area (Å²) in [5.41, 5.74) is 5.52. The summed E-state index contributed by atoms with van der Waals surface area (Å²) in [5, 5.41) is 8.68. The standard InChI is InChI=1S/C9H20N2OS/c1-3-11(5-4-6-12)7-8(2)9(10)13/h8,12H,3-7H2,1-2H3,(H2,10,13). The Bertz CT molecular complexity index is 153. The molecule has 0 fully saturated rings. The highest BCUT2D eigenvalue weighted by Gasteiger charge is 2.09. The van der Waals surface area contributed by atoms with E-state index in [-0.39, 0.29) is 12.5 Å². The van der Waals surface area contributed by atoms with Crippen molar-refractivity contribution in [1.29, 1.82) is 0 Å². The summed E-state index contributed by atoms with van der Waals surface area (Å²) in [7, 11) is 0. The van der Waals surface area contributed by atoms with Crippen molar-refractivity contribution in [3.63, 3.8) is 0 Å². The maximum absolute atomic E-state index is 8.68. The Morgan fingerprint density at radius 1 is 1.62 bits per heavy atom. The Kier molecular flexibility index (Phi) is 7.13. The zero-order chi connectivity index (χ0) is 10.3. The van der Waals surface area contributed by atoms with Crippen LogP contribution in [0.4, 0.5) is 0 Å². The molecule has 0 aliphatic heterocycles. The summed E-state index contributed by atoms with van der Waals surface area (Å²) >= 11 is 4.90. The molecule has 3 N–H and O–H groups in total. The van der Waals surface area contributed by atoms with Crippen molar-refractivity contribution in [2.24, 2.45) is 11.7 Å². The van der Waals surface area contributed by atoms with Crippen molar-refractivity contribution in [2.75, 3.05) is 26.2 Å². The molecule has 1 atom stereocenters. The highest BCUT2D eigenvalue weighted by molar-refractivity contribution is 7.80. The topological polar surface area (TPSA) is 49.5 Å². The summed E-state index contributed by atoms with van der Waals surface area (Å²) in [5.74, 6) is 0.258. The minimum absolute atomic E-state index is 0.248. The maximum Gasteiger partial charge on any atom is 0.0768 e. The van der Waals surface area contributed by atoms with E-state index in [1.165, 1.54) is 0 Å².